The minimum absolute atomic E-state index is 0.453. The molecule has 0 aliphatic rings. The topological polar surface area (TPSA) is 29.5 Å². The van der Waals surface area contributed by atoms with Crippen LogP contribution in [0.4, 0.5) is 26.3 Å². The third-order valence-corrected chi connectivity index (χ3v) is 2.19. The molecule has 102 valence electrons. The molecule has 2 nitrogen and oxygen atoms in total. The Morgan fingerprint density at radius 1 is 1.06 bits per heavy atom. The fourth-order valence-corrected chi connectivity index (χ4v) is 1.44. The van der Waals surface area contributed by atoms with Crippen molar-refractivity contribution in [3.05, 3.63) is 23.8 Å². The Hall–Kier alpha value is -1.60. The Balaban J connectivity index is 3.31. The Morgan fingerprint density at radius 3 is 1.94 bits per heavy atom. The average Bonchev–Trinajstić information content (AvgIpc) is 2.16. The van der Waals surface area contributed by atoms with Gasteiger partial charge in [0.05, 0.1) is 7.11 Å². The number of hydrogen-bond acceptors (Lipinski definition) is 2. The summed E-state index contributed by atoms with van der Waals surface area (Å²) in [6, 6.07) is 1.79. The van der Waals surface area contributed by atoms with Crippen molar-refractivity contribution in [3.8, 4) is 11.5 Å². The smallest absolute Gasteiger partial charge is 0.404 e. The molecule has 0 aliphatic heterocycles. The first-order chi connectivity index (χ1) is 8.07. The van der Waals surface area contributed by atoms with Gasteiger partial charge in [-0.05, 0) is 17.7 Å². The van der Waals surface area contributed by atoms with Gasteiger partial charge in [-0.2, -0.15) is 26.3 Å². The normalized spacial score (nSPS) is 12.9. The maximum absolute atomic E-state index is 12.4. The van der Waals surface area contributed by atoms with Gasteiger partial charge in [-0.1, -0.05) is 6.07 Å². The SMILES string of the molecule is COc1cc(C(C(F)(F)F)C(F)(F)F)ccc1O. The first kappa shape index (κ1) is 14.5. The molecule has 0 saturated heterocycles. The highest BCUT2D eigenvalue weighted by atomic mass is 19.4. The third-order valence-electron chi connectivity index (χ3n) is 2.19. The lowest BCUT2D eigenvalue weighted by molar-refractivity contribution is -0.253. The highest BCUT2D eigenvalue weighted by Gasteiger charge is 2.57. The summed E-state index contributed by atoms with van der Waals surface area (Å²) in [5, 5.41) is 9.13. The monoisotopic (exact) mass is 274 g/mol. The van der Waals surface area contributed by atoms with Crippen molar-refractivity contribution in [1.82, 2.24) is 0 Å². The molecule has 0 bridgehead atoms. The van der Waals surface area contributed by atoms with Gasteiger partial charge in [0.25, 0.3) is 0 Å². The lowest BCUT2D eigenvalue weighted by Crippen LogP contribution is -2.34. The molecule has 8 heteroatoms. The molecule has 0 radical (unpaired) electrons. The molecule has 0 unspecified atom stereocenters. The quantitative estimate of drug-likeness (QED) is 0.835. The second-order valence-electron chi connectivity index (χ2n) is 3.45. The van der Waals surface area contributed by atoms with Crippen molar-refractivity contribution >= 4 is 0 Å². The maximum atomic E-state index is 12.4. The molecular weight excluding hydrogens is 266 g/mol. The number of hydrogen-bond donors (Lipinski definition) is 1. The summed E-state index contributed by atoms with van der Waals surface area (Å²) >= 11 is 0. The molecule has 0 aliphatic carbocycles. The van der Waals surface area contributed by atoms with Crippen LogP contribution in [0.1, 0.15) is 11.5 Å². The van der Waals surface area contributed by atoms with Gasteiger partial charge in [0.1, 0.15) is 0 Å². The summed E-state index contributed by atoms with van der Waals surface area (Å²) in [5.74, 6) is -4.60. The Kier molecular flexibility index (Phi) is 3.68. The number of phenolic OH excluding ortho intramolecular Hbond substituents is 1. The Labute approximate surface area is 97.8 Å². The number of aromatic hydroxyl groups is 1. The molecule has 0 aromatic heterocycles. The van der Waals surface area contributed by atoms with E-state index in [1.165, 1.54) is 0 Å². The van der Waals surface area contributed by atoms with E-state index >= 15 is 0 Å². The van der Waals surface area contributed by atoms with E-state index in [2.05, 4.69) is 4.74 Å². The molecule has 1 rings (SSSR count). The lowest BCUT2D eigenvalue weighted by Gasteiger charge is -2.23. The molecule has 0 atom stereocenters. The zero-order valence-corrected chi connectivity index (χ0v) is 8.93. The van der Waals surface area contributed by atoms with Gasteiger partial charge in [0.15, 0.2) is 17.4 Å². The molecule has 18 heavy (non-hydrogen) atoms. The van der Waals surface area contributed by atoms with E-state index in [1.54, 1.807) is 0 Å². The van der Waals surface area contributed by atoms with Gasteiger partial charge in [-0.3, -0.25) is 0 Å². The zero-order chi connectivity index (χ0) is 14.1. The van der Waals surface area contributed by atoms with Gasteiger partial charge in [0, 0.05) is 0 Å². The van der Waals surface area contributed by atoms with E-state index in [-0.39, 0.29) is 0 Å². The van der Waals surface area contributed by atoms with E-state index in [1.807, 2.05) is 0 Å². The third kappa shape index (κ3) is 2.99. The maximum Gasteiger partial charge on any atom is 0.404 e. The molecule has 1 N–H and O–H groups in total. The molecule has 0 amide bonds. The summed E-state index contributed by atoms with van der Waals surface area (Å²) in [5.41, 5.74) is -1.04. The summed E-state index contributed by atoms with van der Waals surface area (Å²) in [6.45, 7) is 0. The first-order valence-corrected chi connectivity index (χ1v) is 4.57. The van der Waals surface area contributed by atoms with Gasteiger partial charge in [0.2, 0.25) is 0 Å². The number of rotatable bonds is 2. The molecule has 1 aromatic rings. The lowest BCUT2D eigenvalue weighted by atomic mass is 9.97. The molecule has 0 saturated carbocycles. The first-order valence-electron chi connectivity index (χ1n) is 4.57. The van der Waals surface area contributed by atoms with Crippen molar-refractivity contribution in [2.45, 2.75) is 18.3 Å². The van der Waals surface area contributed by atoms with Crippen LogP contribution in [-0.4, -0.2) is 24.6 Å². The van der Waals surface area contributed by atoms with Crippen molar-refractivity contribution in [2.24, 2.45) is 0 Å². The van der Waals surface area contributed by atoms with E-state index < -0.39 is 35.3 Å². The highest BCUT2D eigenvalue weighted by Crippen LogP contribution is 2.47. The fraction of sp³-hybridized carbons (Fsp3) is 0.400. The number of phenols is 1. The van der Waals surface area contributed by atoms with Gasteiger partial charge >= 0.3 is 12.4 Å². The highest BCUT2D eigenvalue weighted by molar-refractivity contribution is 5.43. The Morgan fingerprint density at radius 2 is 1.56 bits per heavy atom. The summed E-state index contributed by atoms with van der Waals surface area (Å²) in [6.07, 6.45) is -10.9. The minimum Gasteiger partial charge on any atom is -0.504 e. The van der Waals surface area contributed by atoms with Crippen molar-refractivity contribution in [2.75, 3.05) is 7.11 Å². The summed E-state index contributed by atoms with van der Waals surface area (Å²) < 4.78 is 79.0. The zero-order valence-electron chi connectivity index (χ0n) is 8.93. The molecular formula is C10H8F6O2. The van der Waals surface area contributed by atoms with Crippen LogP contribution in [0.5, 0.6) is 11.5 Å². The largest absolute Gasteiger partial charge is 0.504 e. The number of alkyl halides is 6. The molecule has 0 fully saturated rings. The van der Waals surface area contributed by atoms with Crippen LogP contribution in [-0.2, 0) is 0 Å². The predicted octanol–water partition coefficient (Wildman–Crippen LogP) is 3.61. The van der Waals surface area contributed by atoms with E-state index in [0.717, 1.165) is 13.2 Å². The minimum atomic E-state index is -5.47. The van der Waals surface area contributed by atoms with Crippen molar-refractivity contribution < 1.29 is 36.2 Å². The van der Waals surface area contributed by atoms with E-state index in [9.17, 15) is 26.3 Å². The Bertz CT molecular complexity index is 409. The fourth-order valence-electron chi connectivity index (χ4n) is 1.44. The van der Waals surface area contributed by atoms with E-state index in [0.29, 0.717) is 12.1 Å². The van der Waals surface area contributed by atoms with Crippen LogP contribution in [0, 0.1) is 0 Å². The van der Waals surface area contributed by atoms with Gasteiger partial charge < -0.3 is 9.84 Å². The van der Waals surface area contributed by atoms with Crippen LogP contribution < -0.4 is 4.74 Å². The van der Waals surface area contributed by atoms with Crippen LogP contribution >= 0.6 is 0 Å². The van der Waals surface area contributed by atoms with Gasteiger partial charge in [-0.15, -0.1) is 0 Å². The average molecular weight is 274 g/mol. The molecule has 0 spiro atoms. The van der Waals surface area contributed by atoms with E-state index in [4.69, 9.17) is 5.11 Å². The summed E-state index contributed by atoms with van der Waals surface area (Å²) in [7, 11) is 1.02. The standard InChI is InChI=1S/C10H8F6O2/c1-18-7-4-5(2-3-6(7)17)8(9(11,12)13)10(14,15)16/h2-4,8,17H,1H3. The molecule has 0 heterocycles. The number of ether oxygens (including phenoxy) is 1. The number of benzene rings is 1. The second-order valence-corrected chi connectivity index (χ2v) is 3.45. The summed E-state index contributed by atoms with van der Waals surface area (Å²) in [4.78, 5) is 0. The van der Waals surface area contributed by atoms with Crippen LogP contribution in [0.2, 0.25) is 0 Å². The number of methoxy groups -OCH3 is 1. The predicted molar refractivity (Wildman–Crippen MR) is 49.5 cm³/mol. The van der Waals surface area contributed by atoms with Gasteiger partial charge in [-0.25, -0.2) is 0 Å². The molecule has 1 aromatic carbocycles. The van der Waals surface area contributed by atoms with Crippen molar-refractivity contribution in [1.29, 1.82) is 0 Å². The number of halogens is 6. The van der Waals surface area contributed by atoms with Crippen LogP contribution in [0.3, 0.4) is 0 Å². The second kappa shape index (κ2) is 4.58. The van der Waals surface area contributed by atoms with Crippen LogP contribution in [0.25, 0.3) is 0 Å². The van der Waals surface area contributed by atoms with Crippen LogP contribution in [0.15, 0.2) is 18.2 Å². The van der Waals surface area contributed by atoms with Crippen molar-refractivity contribution in [3.63, 3.8) is 0 Å².